The molecule has 45 heavy (non-hydrogen) atoms. The Labute approximate surface area is 260 Å². The molecule has 2 fully saturated rings. The van der Waals surface area contributed by atoms with Crippen LogP contribution in [0.15, 0.2) is 65.5 Å². The fraction of sp³-hybridized carbons (Fsp3) is 0.441. The first-order valence-electron chi connectivity index (χ1n) is 15.4. The summed E-state index contributed by atoms with van der Waals surface area (Å²) >= 11 is 0. The second-order valence-corrected chi connectivity index (χ2v) is 12.3. The third-order valence-corrected chi connectivity index (χ3v) is 9.41. The van der Waals surface area contributed by atoms with Gasteiger partial charge in [-0.2, -0.15) is 13.2 Å². The van der Waals surface area contributed by atoms with Crippen molar-refractivity contribution in [2.75, 3.05) is 52.3 Å². The van der Waals surface area contributed by atoms with Crippen molar-refractivity contribution < 1.29 is 22.3 Å². The van der Waals surface area contributed by atoms with E-state index in [-0.39, 0.29) is 24.0 Å². The van der Waals surface area contributed by atoms with E-state index in [1.54, 1.807) is 28.8 Å². The van der Waals surface area contributed by atoms with Gasteiger partial charge in [-0.05, 0) is 81.8 Å². The van der Waals surface area contributed by atoms with Gasteiger partial charge in [0.1, 0.15) is 17.1 Å². The molecule has 11 heteroatoms. The number of rotatable bonds is 8. The van der Waals surface area contributed by atoms with E-state index in [0.29, 0.717) is 54.6 Å². The van der Waals surface area contributed by atoms with Gasteiger partial charge in [0, 0.05) is 25.7 Å². The van der Waals surface area contributed by atoms with E-state index in [2.05, 4.69) is 23.9 Å². The van der Waals surface area contributed by atoms with Gasteiger partial charge in [-0.25, -0.2) is 9.18 Å². The lowest BCUT2D eigenvalue weighted by Crippen LogP contribution is -2.41. The maximum Gasteiger partial charge on any atom is 0.416 e. The monoisotopic (exact) mass is 625 g/mol. The van der Waals surface area contributed by atoms with Crippen LogP contribution >= 0.6 is 0 Å². The maximum atomic E-state index is 15.5. The zero-order chi connectivity index (χ0) is 31.9. The predicted molar refractivity (Wildman–Crippen MR) is 168 cm³/mol. The van der Waals surface area contributed by atoms with Crippen LogP contribution in [0.25, 0.3) is 11.0 Å². The minimum atomic E-state index is -4.56. The van der Waals surface area contributed by atoms with Crippen LogP contribution < -0.4 is 15.3 Å². The Bertz CT molecular complexity index is 1720. The van der Waals surface area contributed by atoms with E-state index in [0.717, 1.165) is 37.6 Å². The average Bonchev–Trinajstić information content (AvgIpc) is 3.59. The van der Waals surface area contributed by atoms with Crippen molar-refractivity contribution in [3.63, 3.8) is 0 Å². The summed E-state index contributed by atoms with van der Waals surface area (Å²) in [6.45, 7) is 3.19. The normalized spacial score (nSPS) is 18.4. The molecule has 0 amide bonds. The molecule has 0 bridgehead atoms. The van der Waals surface area contributed by atoms with Gasteiger partial charge in [-0.3, -0.25) is 14.0 Å². The van der Waals surface area contributed by atoms with Gasteiger partial charge in [-0.1, -0.05) is 36.4 Å². The number of benzene rings is 3. The first kappa shape index (κ1) is 31.2. The van der Waals surface area contributed by atoms with Crippen molar-refractivity contribution in [2.24, 2.45) is 0 Å². The summed E-state index contributed by atoms with van der Waals surface area (Å²) in [5, 5.41) is 0. The number of hydrogen-bond acceptors (Lipinski definition) is 5. The second-order valence-electron chi connectivity index (χ2n) is 12.3. The topological polar surface area (TPSA) is 45.9 Å². The molecule has 0 unspecified atom stereocenters. The van der Waals surface area contributed by atoms with E-state index >= 15 is 4.39 Å². The molecule has 4 aromatic rings. The van der Waals surface area contributed by atoms with Crippen LogP contribution in [0.2, 0.25) is 0 Å². The van der Waals surface area contributed by atoms with E-state index in [1.807, 2.05) is 11.0 Å². The molecule has 0 radical (unpaired) electrons. The number of alkyl halides is 3. The van der Waals surface area contributed by atoms with Gasteiger partial charge in [0.15, 0.2) is 0 Å². The Morgan fingerprint density at radius 1 is 0.889 bits per heavy atom. The average molecular weight is 626 g/mol. The van der Waals surface area contributed by atoms with Crippen molar-refractivity contribution in [3.05, 3.63) is 93.7 Å². The third kappa shape index (κ3) is 6.07. The summed E-state index contributed by atoms with van der Waals surface area (Å²) in [5.41, 5.74) is 1.29. The molecule has 1 atom stereocenters. The molecule has 2 aliphatic heterocycles. The SMILES string of the molecule is COc1cccc2c1n(Cc1ccccc1C(F)(F)F)c(=O)n2[C@@H]1CCN(c2c(F)cccc2CN2CCC(N(C)C)CC2)C1. The zero-order valence-electron chi connectivity index (χ0n) is 25.9. The molecule has 2 saturated heterocycles. The van der Waals surface area contributed by atoms with Crippen LogP contribution in [0.4, 0.5) is 23.2 Å². The fourth-order valence-electron chi connectivity index (χ4n) is 7.11. The van der Waals surface area contributed by atoms with Crippen molar-refractivity contribution in [3.8, 4) is 5.75 Å². The summed E-state index contributed by atoms with van der Waals surface area (Å²) in [6, 6.07) is 16.0. The smallest absolute Gasteiger partial charge is 0.416 e. The first-order valence-corrected chi connectivity index (χ1v) is 15.4. The Morgan fingerprint density at radius 2 is 1.60 bits per heavy atom. The Balaban J connectivity index is 1.32. The number of fused-ring (bicyclic) bond motifs is 1. The number of para-hydroxylation sites is 2. The minimum absolute atomic E-state index is 0.00396. The van der Waals surface area contributed by atoms with Gasteiger partial charge < -0.3 is 14.5 Å². The minimum Gasteiger partial charge on any atom is -0.494 e. The molecule has 1 aromatic heterocycles. The lowest BCUT2D eigenvalue weighted by Gasteiger charge is -2.36. The summed E-state index contributed by atoms with van der Waals surface area (Å²) in [4.78, 5) is 20.8. The fourth-order valence-corrected chi connectivity index (χ4v) is 7.11. The highest BCUT2D eigenvalue weighted by Crippen LogP contribution is 2.36. The standard InChI is InChI=1S/C34H39F4N5O2/c1-39(2)25-14-17-40(18-15-25)20-24-9-6-11-28(35)31(24)41-19-16-26(22-41)43-29-12-7-13-30(45-3)32(29)42(33(43)44)21-23-8-4-5-10-27(23)34(36,37)38/h4-13,25-26H,14-22H2,1-3H3/t26-/m1/s1. The van der Waals surface area contributed by atoms with Gasteiger partial charge in [0.05, 0.1) is 36.5 Å². The van der Waals surface area contributed by atoms with Gasteiger partial charge in [0.2, 0.25) is 0 Å². The molecule has 2 aliphatic rings. The predicted octanol–water partition coefficient (Wildman–Crippen LogP) is 6.00. The number of methoxy groups -OCH3 is 1. The number of anilines is 1. The van der Waals surface area contributed by atoms with Gasteiger partial charge >= 0.3 is 11.9 Å². The molecule has 3 aromatic carbocycles. The quantitative estimate of drug-likeness (QED) is 0.225. The zero-order valence-corrected chi connectivity index (χ0v) is 25.9. The highest BCUT2D eigenvalue weighted by atomic mass is 19.4. The number of piperidine rings is 1. The highest BCUT2D eigenvalue weighted by molar-refractivity contribution is 5.83. The molecule has 6 rings (SSSR count). The largest absolute Gasteiger partial charge is 0.494 e. The number of nitrogens with zero attached hydrogens (tertiary/aromatic N) is 5. The van der Waals surface area contributed by atoms with Crippen LogP contribution in [0.1, 0.15) is 42.0 Å². The molecule has 0 spiro atoms. The Hall–Kier alpha value is -3.83. The molecule has 240 valence electrons. The summed E-state index contributed by atoms with van der Waals surface area (Å²) < 4.78 is 65.7. The van der Waals surface area contributed by atoms with Gasteiger partial charge in [0.25, 0.3) is 0 Å². The Morgan fingerprint density at radius 3 is 2.31 bits per heavy atom. The molecule has 0 aliphatic carbocycles. The maximum absolute atomic E-state index is 15.5. The molecule has 7 nitrogen and oxygen atoms in total. The van der Waals surface area contributed by atoms with Crippen molar-refractivity contribution in [2.45, 2.75) is 50.6 Å². The third-order valence-electron chi connectivity index (χ3n) is 9.41. The number of ether oxygens (including phenoxy) is 1. The second kappa shape index (κ2) is 12.5. The number of hydrogen-bond donors (Lipinski definition) is 0. The first-order chi connectivity index (χ1) is 21.6. The summed E-state index contributed by atoms with van der Waals surface area (Å²) in [5.74, 6) is 0.105. The molecular weight excluding hydrogens is 586 g/mol. The molecule has 0 saturated carbocycles. The van der Waals surface area contributed by atoms with Crippen molar-refractivity contribution >= 4 is 16.7 Å². The highest BCUT2D eigenvalue weighted by Gasteiger charge is 2.35. The van der Waals surface area contributed by atoms with Crippen LogP contribution in [0.5, 0.6) is 5.75 Å². The number of aromatic nitrogens is 2. The number of imidazole rings is 1. The van der Waals surface area contributed by atoms with Crippen LogP contribution in [0, 0.1) is 5.82 Å². The lowest BCUT2D eigenvalue weighted by atomic mass is 10.0. The Kier molecular flexibility index (Phi) is 8.67. The van der Waals surface area contributed by atoms with Gasteiger partial charge in [-0.15, -0.1) is 0 Å². The van der Waals surface area contributed by atoms with Crippen LogP contribution in [-0.4, -0.2) is 72.4 Å². The number of halogens is 4. The van der Waals surface area contributed by atoms with E-state index < -0.39 is 17.4 Å². The van der Waals surface area contributed by atoms with Crippen LogP contribution in [-0.2, 0) is 19.3 Å². The van der Waals surface area contributed by atoms with Crippen molar-refractivity contribution in [1.82, 2.24) is 18.9 Å². The van der Waals surface area contributed by atoms with Crippen LogP contribution in [0.3, 0.4) is 0 Å². The molecule has 3 heterocycles. The lowest BCUT2D eigenvalue weighted by molar-refractivity contribution is -0.138. The molecule has 0 N–H and O–H groups in total. The summed E-state index contributed by atoms with van der Waals surface area (Å²) in [6.07, 6.45) is -1.85. The molecular formula is C34H39F4N5O2. The van der Waals surface area contributed by atoms with E-state index in [9.17, 15) is 18.0 Å². The van der Waals surface area contributed by atoms with Crippen molar-refractivity contribution in [1.29, 1.82) is 0 Å². The van der Waals surface area contributed by atoms with E-state index in [1.165, 1.54) is 35.9 Å². The van der Waals surface area contributed by atoms with E-state index in [4.69, 9.17) is 4.74 Å². The number of likely N-dealkylation sites (tertiary alicyclic amines) is 1. The summed E-state index contributed by atoms with van der Waals surface area (Å²) in [7, 11) is 5.69.